The number of benzene rings is 1. The van der Waals surface area contributed by atoms with Crippen LogP contribution in [0.4, 0.5) is 0 Å². The summed E-state index contributed by atoms with van der Waals surface area (Å²) in [6.07, 6.45) is 0. The number of hydrogen-bond acceptors (Lipinski definition) is 5. The van der Waals surface area contributed by atoms with Crippen LogP contribution in [0.25, 0.3) is 21.7 Å². The average Bonchev–Trinajstić information content (AvgIpc) is 3.22. The predicted molar refractivity (Wildman–Crippen MR) is 97.5 cm³/mol. The predicted octanol–water partition coefficient (Wildman–Crippen LogP) is 5.01. The molecular weight excluding hydrogens is 336 g/mol. The molecule has 0 fully saturated rings. The molecule has 1 aromatic carbocycles. The minimum Gasteiger partial charge on any atom is -0.288 e. The number of nitriles is 1. The molecule has 2 aromatic heterocycles. The molecule has 0 unspecified atom stereocenters. The molecule has 0 atom stereocenters. The highest BCUT2D eigenvalue weighted by Gasteiger charge is 2.34. The van der Waals surface area contributed by atoms with Gasteiger partial charge in [-0.2, -0.15) is 5.26 Å². The van der Waals surface area contributed by atoms with Crippen LogP contribution in [0.2, 0.25) is 0 Å². The molecule has 2 heterocycles. The van der Waals surface area contributed by atoms with E-state index in [1.54, 1.807) is 0 Å². The van der Waals surface area contributed by atoms with Crippen molar-refractivity contribution in [3.63, 3.8) is 0 Å². The number of rotatable bonds is 3. The molecule has 0 aliphatic heterocycles. The molecule has 0 N–H and O–H groups in total. The molecule has 4 rings (SSSR count). The van der Waals surface area contributed by atoms with Crippen LogP contribution >= 0.6 is 23.1 Å². The van der Waals surface area contributed by atoms with E-state index in [-0.39, 0.29) is 5.78 Å². The second-order valence-electron chi connectivity index (χ2n) is 5.29. The number of carbonyl (C=O) groups excluding carboxylic acids is 1. The van der Waals surface area contributed by atoms with Crippen LogP contribution in [-0.4, -0.2) is 16.5 Å². The first-order valence-corrected chi connectivity index (χ1v) is 9.41. The average molecular weight is 348 g/mol. The van der Waals surface area contributed by atoms with Crippen LogP contribution in [0, 0.1) is 11.3 Å². The van der Waals surface area contributed by atoms with E-state index < -0.39 is 0 Å². The molecule has 0 saturated carbocycles. The molecule has 0 amide bonds. The van der Waals surface area contributed by atoms with Gasteiger partial charge in [0.25, 0.3) is 0 Å². The van der Waals surface area contributed by atoms with E-state index in [4.69, 9.17) is 4.98 Å². The quantitative estimate of drug-likeness (QED) is 0.489. The lowest BCUT2D eigenvalue weighted by Crippen LogP contribution is -2.03. The fourth-order valence-corrected chi connectivity index (χ4v) is 4.52. The zero-order chi connectivity index (χ0) is 16.7. The molecule has 116 valence electrons. The molecule has 5 heteroatoms. The van der Waals surface area contributed by atoms with Gasteiger partial charge in [-0.15, -0.1) is 23.1 Å². The van der Waals surface area contributed by atoms with Crippen LogP contribution < -0.4 is 0 Å². The maximum atomic E-state index is 13.0. The standard InChI is InChI=1S/C19H12N2OS2/c1-2-23-19-13(10-20)15(14-8-5-9-24-14)16-17(21-19)11-6-3-4-7-12(11)18(16)22/h3-9H,2H2,1H3. The molecule has 0 bridgehead atoms. The summed E-state index contributed by atoms with van der Waals surface area (Å²) < 4.78 is 0. The van der Waals surface area contributed by atoms with Gasteiger partial charge in [0, 0.05) is 21.6 Å². The smallest absolute Gasteiger partial charge is 0.196 e. The van der Waals surface area contributed by atoms with Crippen molar-refractivity contribution < 1.29 is 4.79 Å². The van der Waals surface area contributed by atoms with E-state index in [9.17, 15) is 10.1 Å². The number of aromatic nitrogens is 1. The summed E-state index contributed by atoms with van der Waals surface area (Å²) in [6, 6.07) is 13.7. The summed E-state index contributed by atoms with van der Waals surface area (Å²) in [4.78, 5) is 18.6. The van der Waals surface area contributed by atoms with Crippen molar-refractivity contribution >= 4 is 28.9 Å². The van der Waals surface area contributed by atoms with Crippen molar-refractivity contribution in [3.05, 3.63) is 58.5 Å². The number of hydrogen-bond donors (Lipinski definition) is 0. The second-order valence-corrected chi connectivity index (χ2v) is 7.49. The molecule has 0 saturated heterocycles. The first kappa shape index (κ1) is 15.1. The Morgan fingerprint density at radius 1 is 1.17 bits per heavy atom. The van der Waals surface area contributed by atoms with Gasteiger partial charge >= 0.3 is 0 Å². The summed E-state index contributed by atoms with van der Waals surface area (Å²) in [6.45, 7) is 2.03. The van der Waals surface area contributed by atoms with E-state index >= 15 is 0 Å². The Kier molecular flexibility index (Phi) is 3.72. The molecule has 3 aromatic rings. The number of thioether (sulfide) groups is 1. The zero-order valence-corrected chi connectivity index (χ0v) is 14.5. The van der Waals surface area contributed by atoms with Gasteiger partial charge in [0.1, 0.15) is 11.1 Å². The first-order chi connectivity index (χ1) is 11.8. The molecular formula is C19H12N2OS2. The Labute approximate surface area is 148 Å². The summed E-state index contributed by atoms with van der Waals surface area (Å²) in [5, 5.41) is 12.4. The number of fused-ring (bicyclic) bond motifs is 3. The van der Waals surface area contributed by atoms with Crippen LogP contribution in [-0.2, 0) is 0 Å². The van der Waals surface area contributed by atoms with E-state index in [0.717, 1.165) is 21.8 Å². The van der Waals surface area contributed by atoms with Crippen LogP contribution in [0.5, 0.6) is 0 Å². The molecule has 24 heavy (non-hydrogen) atoms. The third kappa shape index (κ3) is 2.11. The van der Waals surface area contributed by atoms with Gasteiger partial charge < -0.3 is 0 Å². The highest BCUT2D eigenvalue weighted by atomic mass is 32.2. The maximum Gasteiger partial charge on any atom is 0.196 e. The summed E-state index contributed by atoms with van der Waals surface area (Å²) in [5.41, 5.74) is 4.03. The summed E-state index contributed by atoms with van der Waals surface area (Å²) in [7, 11) is 0. The van der Waals surface area contributed by atoms with Crippen molar-refractivity contribution in [2.24, 2.45) is 0 Å². The summed E-state index contributed by atoms with van der Waals surface area (Å²) >= 11 is 3.08. The minimum atomic E-state index is -0.0407. The van der Waals surface area contributed by atoms with Crippen molar-refractivity contribution in [3.8, 4) is 27.8 Å². The van der Waals surface area contributed by atoms with E-state index in [2.05, 4.69) is 6.07 Å². The summed E-state index contributed by atoms with van der Waals surface area (Å²) in [5.74, 6) is 0.779. The SMILES string of the molecule is CCSc1nc2c(c(-c3cccs3)c1C#N)C(=O)c1ccccc1-2. The lowest BCUT2D eigenvalue weighted by molar-refractivity contribution is 0.104. The van der Waals surface area contributed by atoms with Crippen molar-refractivity contribution in [1.29, 1.82) is 5.26 Å². The first-order valence-electron chi connectivity index (χ1n) is 7.55. The van der Waals surface area contributed by atoms with Crippen LogP contribution in [0.3, 0.4) is 0 Å². The zero-order valence-electron chi connectivity index (χ0n) is 12.9. The molecule has 0 radical (unpaired) electrons. The number of ketones is 1. The molecule has 0 spiro atoms. The van der Waals surface area contributed by atoms with E-state index in [1.165, 1.54) is 23.1 Å². The largest absolute Gasteiger partial charge is 0.288 e. The van der Waals surface area contributed by atoms with Gasteiger partial charge in [-0.05, 0) is 17.2 Å². The monoisotopic (exact) mass is 348 g/mol. The Balaban J connectivity index is 2.12. The van der Waals surface area contributed by atoms with Gasteiger partial charge in [0.2, 0.25) is 0 Å². The topological polar surface area (TPSA) is 53.8 Å². The second kappa shape index (κ2) is 5.90. The molecule has 1 aliphatic rings. The van der Waals surface area contributed by atoms with Crippen molar-refractivity contribution in [2.45, 2.75) is 11.9 Å². The van der Waals surface area contributed by atoms with E-state index in [0.29, 0.717) is 27.4 Å². The molecule has 3 nitrogen and oxygen atoms in total. The van der Waals surface area contributed by atoms with Gasteiger partial charge in [-0.25, -0.2) is 4.98 Å². The van der Waals surface area contributed by atoms with Crippen molar-refractivity contribution in [2.75, 3.05) is 5.75 Å². The normalized spacial score (nSPS) is 11.9. The van der Waals surface area contributed by atoms with Crippen molar-refractivity contribution in [1.82, 2.24) is 4.98 Å². The maximum absolute atomic E-state index is 13.0. The number of nitrogens with zero attached hydrogens (tertiary/aromatic N) is 2. The Morgan fingerprint density at radius 2 is 1.96 bits per heavy atom. The molecule has 1 aliphatic carbocycles. The minimum absolute atomic E-state index is 0.0407. The fraction of sp³-hybridized carbons (Fsp3) is 0.105. The third-order valence-corrected chi connectivity index (χ3v) is 5.72. The Morgan fingerprint density at radius 3 is 2.62 bits per heavy atom. The van der Waals surface area contributed by atoms with Crippen LogP contribution in [0.15, 0.2) is 46.8 Å². The number of carbonyl (C=O) groups is 1. The third-order valence-electron chi connectivity index (χ3n) is 3.98. The highest BCUT2D eigenvalue weighted by Crippen LogP contribution is 2.45. The van der Waals surface area contributed by atoms with Crippen LogP contribution in [0.1, 0.15) is 28.4 Å². The highest BCUT2D eigenvalue weighted by molar-refractivity contribution is 7.99. The fourth-order valence-electron chi connectivity index (χ4n) is 3.01. The Hall–Kier alpha value is -2.42. The lowest BCUT2D eigenvalue weighted by atomic mass is 9.99. The lowest BCUT2D eigenvalue weighted by Gasteiger charge is -2.12. The van der Waals surface area contributed by atoms with Gasteiger partial charge in [-0.1, -0.05) is 37.3 Å². The van der Waals surface area contributed by atoms with E-state index in [1.807, 2.05) is 48.7 Å². The van der Waals surface area contributed by atoms with Gasteiger partial charge in [0.05, 0.1) is 16.8 Å². The number of pyridine rings is 1. The van der Waals surface area contributed by atoms with Gasteiger partial charge in [-0.3, -0.25) is 4.79 Å². The number of thiophene rings is 1. The van der Waals surface area contributed by atoms with Gasteiger partial charge in [0.15, 0.2) is 5.78 Å². The Bertz CT molecular complexity index is 1000.